The first kappa shape index (κ1) is 14.6. The summed E-state index contributed by atoms with van der Waals surface area (Å²) >= 11 is 4.82. The molecular weight excluding hydrogens is 244 g/mol. The van der Waals surface area contributed by atoms with Gasteiger partial charge in [0.25, 0.3) is 0 Å². The standard InChI is InChI=1S/C14H20N2OS/c1-9(2)11-6-4-5-7-12(11)16-14(17)10(3)8-13(15)18/h4-7,9-10H,8H2,1-3H3,(H2,15,18)(H,16,17). The summed E-state index contributed by atoms with van der Waals surface area (Å²) in [5.41, 5.74) is 7.45. The van der Waals surface area contributed by atoms with E-state index < -0.39 is 0 Å². The maximum Gasteiger partial charge on any atom is 0.227 e. The van der Waals surface area contributed by atoms with Crippen molar-refractivity contribution in [2.45, 2.75) is 33.1 Å². The van der Waals surface area contributed by atoms with Gasteiger partial charge in [0.15, 0.2) is 0 Å². The summed E-state index contributed by atoms with van der Waals surface area (Å²) in [6.07, 6.45) is 0.436. The predicted octanol–water partition coefficient (Wildman–Crippen LogP) is 3.06. The number of nitrogens with one attached hydrogen (secondary N) is 1. The maximum absolute atomic E-state index is 12.0. The summed E-state index contributed by atoms with van der Waals surface area (Å²) in [6, 6.07) is 7.84. The van der Waals surface area contributed by atoms with Gasteiger partial charge in [0.1, 0.15) is 0 Å². The number of benzene rings is 1. The molecule has 0 fully saturated rings. The molecule has 3 nitrogen and oxygen atoms in total. The fraction of sp³-hybridized carbons (Fsp3) is 0.429. The number of carbonyl (C=O) groups is 1. The van der Waals surface area contributed by atoms with E-state index in [4.69, 9.17) is 18.0 Å². The van der Waals surface area contributed by atoms with Gasteiger partial charge < -0.3 is 11.1 Å². The zero-order valence-corrected chi connectivity index (χ0v) is 11.9. The molecule has 0 radical (unpaired) electrons. The number of hydrogen-bond acceptors (Lipinski definition) is 2. The van der Waals surface area contributed by atoms with Crippen molar-refractivity contribution in [2.24, 2.45) is 11.7 Å². The first-order valence-electron chi connectivity index (χ1n) is 6.10. The molecule has 0 aliphatic carbocycles. The molecule has 0 aliphatic rings. The Hall–Kier alpha value is -1.42. The normalized spacial score (nSPS) is 12.2. The number of rotatable bonds is 5. The van der Waals surface area contributed by atoms with Gasteiger partial charge in [-0.25, -0.2) is 0 Å². The molecule has 1 rings (SSSR count). The second-order valence-electron chi connectivity index (χ2n) is 4.80. The third kappa shape index (κ3) is 4.11. The molecule has 1 aromatic carbocycles. The Balaban J connectivity index is 2.78. The van der Waals surface area contributed by atoms with Crippen molar-refractivity contribution >= 4 is 28.8 Å². The third-order valence-electron chi connectivity index (χ3n) is 2.80. The third-order valence-corrected chi connectivity index (χ3v) is 2.96. The van der Waals surface area contributed by atoms with Crippen molar-refractivity contribution in [3.05, 3.63) is 29.8 Å². The van der Waals surface area contributed by atoms with Crippen LogP contribution < -0.4 is 11.1 Å². The van der Waals surface area contributed by atoms with Crippen LogP contribution in [-0.4, -0.2) is 10.9 Å². The van der Waals surface area contributed by atoms with Crippen LogP contribution in [0.3, 0.4) is 0 Å². The number of hydrogen-bond donors (Lipinski definition) is 2. The minimum Gasteiger partial charge on any atom is -0.393 e. The molecule has 0 heterocycles. The summed E-state index contributed by atoms with van der Waals surface area (Å²) in [5.74, 6) is 0.117. The van der Waals surface area contributed by atoms with Crippen molar-refractivity contribution in [3.8, 4) is 0 Å². The summed E-state index contributed by atoms with van der Waals surface area (Å²) in [5, 5.41) is 2.94. The molecular formula is C14H20N2OS. The SMILES string of the molecule is CC(CC(N)=S)C(=O)Nc1ccccc1C(C)C. The zero-order chi connectivity index (χ0) is 13.7. The maximum atomic E-state index is 12.0. The highest BCUT2D eigenvalue weighted by Gasteiger charge is 2.15. The summed E-state index contributed by atoms with van der Waals surface area (Å²) < 4.78 is 0. The number of amides is 1. The van der Waals surface area contributed by atoms with Crippen LogP contribution in [0.1, 0.15) is 38.7 Å². The molecule has 4 heteroatoms. The van der Waals surface area contributed by atoms with E-state index in [-0.39, 0.29) is 11.8 Å². The van der Waals surface area contributed by atoms with Gasteiger partial charge in [-0.15, -0.1) is 0 Å². The van der Waals surface area contributed by atoms with Crippen molar-refractivity contribution < 1.29 is 4.79 Å². The summed E-state index contributed by atoms with van der Waals surface area (Å²) in [4.78, 5) is 12.4. The van der Waals surface area contributed by atoms with Crippen LogP contribution in [0.5, 0.6) is 0 Å². The molecule has 0 aliphatic heterocycles. The number of thiocarbonyl (C=S) groups is 1. The fourth-order valence-electron chi connectivity index (χ4n) is 1.76. The molecule has 0 spiro atoms. The Kier molecular flexibility index (Phi) is 5.28. The van der Waals surface area contributed by atoms with Crippen LogP contribution in [0.15, 0.2) is 24.3 Å². The zero-order valence-electron chi connectivity index (χ0n) is 11.1. The Morgan fingerprint density at radius 3 is 2.50 bits per heavy atom. The lowest BCUT2D eigenvalue weighted by Crippen LogP contribution is -2.25. The van der Waals surface area contributed by atoms with Crippen LogP contribution in [0.25, 0.3) is 0 Å². The van der Waals surface area contributed by atoms with Gasteiger partial charge in [-0.2, -0.15) is 0 Å². The molecule has 1 amide bonds. The van der Waals surface area contributed by atoms with E-state index in [1.54, 1.807) is 0 Å². The monoisotopic (exact) mass is 264 g/mol. The highest BCUT2D eigenvalue weighted by molar-refractivity contribution is 7.80. The van der Waals surface area contributed by atoms with E-state index in [1.165, 1.54) is 0 Å². The largest absolute Gasteiger partial charge is 0.393 e. The fourth-order valence-corrected chi connectivity index (χ4v) is 2.01. The topological polar surface area (TPSA) is 55.1 Å². The molecule has 98 valence electrons. The first-order valence-corrected chi connectivity index (χ1v) is 6.50. The van der Waals surface area contributed by atoms with Gasteiger partial charge >= 0.3 is 0 Å². The van der Waals surface area contributed by atoms with Crippen LogP contribution in [0.2, 0.25) is 0 Å². The average Bonchev–Trinajstić information content (AvgIpc) is 2.28. The van der Waals surface area contributed by atoms with Gasteiger partial charge in [-0.3, -0.25) is 4.79 Å². The number of anilines is 1. The molecule has 0 bridgehead atoms. The second-order valence-corrected chi connectivity index (χ2v) is 5.33. The van der Waals surface area contributed by atoms with Gasteiger partial charge in [-0.05, 0) is 17.5 Å². The lowest BCUT2D eigenvalue weighted by Gasteiger charge is -2.16. The number of nitrogens with two attached hydrogens (primary N) is 1. The van der Waals surface area contributed by atoms with Crippen molar-refractivity contribution in [1.82, 2.24) is 0 Å². The van der Waals surface area contributed by atoms with E-state index in [9.17, 15) is 4.79 Å². The van der Waals surface area contributed by atoms with Gasteiger partial charge in [0.05, 0.1) is 4.99 Å². The van der Waals surface area contributed by atoms with E-state index in [0.717, 1.165) is 11.3 Å². The second kappa shape index (κ2) is 6.50. The Bertz CT molecular complexity index is 443. The van der Waals surface area contributed by atoms with E-state index in [2.05, 4.69) is 19.2 Å². The van der Waals surface area contributed by atoms with Gasteiger partial charge in [-0.1, -0.05) is 51.2 Å². The quantitative estimate of drug-likeness (QED) is 0.804. The van der Waals surface area contributed by atoms with E-state index in [0.29, 0.717) is 17.3 Å². The van der Waals surface area contributed by atoms with E-state index >= 15 is 0 Å². The lowest BCUT2D eigenvalue weighted by molar-refractivity contribution is -0.119. The minimum absolute atomic E-state index is 0.0455. The van der Waals surface area contributed by atoms with Crippen LogP contribution >= 0.6 is 12.2 Å². The van der Waals surface area contributed by atoms with Gasteiger partial charge in [0, 0.05) is 18.0 Å². The first-order chi connectivity index (χ1) is 8.41. The number of carbonyl (C=O) groups excluding carboxylic acids is 1. The summed E-state index contributed by atoms with van der Waals surface area (Å²) in [7, 11) is 0. The Morgan fingerprint density at radius 2 is 1.94 bits per heavy atom. The molecule has 3 N–H and O–H groups in total. The van der Waals surface area contributed by atoms with Crippen molar-refractivity contribution in [1.29, 1.82) is 0 Å². The minimum atomic E-state index is -0.206. The molecule has 0 aromatic heterocycles. The molecule has 0 saturated heterocycles. The van der Waals surface area contributed by atoms with Crippen LogP contribution in [0.4, 0.5) is 5.69 Å². The van der Waals surface area contributed by atoms with Crippen molar-refractivity contribution in [3.63, 3.8) is 0 Å². The average molecular weight is 264 g/mol. The molecule has 1 aromatic rings. The Morgan fingerprint density at radius 1 is 1.33 bits per heavy atom. The number of para-hydroxylation sites is 1. The summed E-state index contributed by atoms with van der Waals surface area (Å²) in [6.45, 7) is 6.03. The molecule has 1 atom stereocenters. The lowest BCUT2D eigenvalue weighted by atomic mass is 10.0. The highest BCUT2D eigenvalue weighted by Crippen LogP contribution is 2.24. The van der Waals surface area contributed by atoms with Gasteiger partial charge in [0.2, 0.25) is 5.91 Å². The predicted molar refractivity (Wildman–Crippen MR) is 79.7 cm³/mol. The molecule has 1 unspecified atom stereocenters. The highest BCUT2D eigenvalue weighted by atomic mass is 32.1. The van der Waals surface area contributed by atoms with Crippen LogP contribution in [-0.2, 0) is 4.79 Å². The van der Waals surface area contributed by atoms with E-state index in [1.807, 2.05) is 31.2 Å². The Labute approximate surface area is 114 Å². The van der Waals surface area contributed by atoms with Crippen molar-refractivity contribution in [2.75, 3.05) is 5.32 Å². The van der Waals surface area contributed by atoms with Crippen LogP contribution in [0, 0.1) is 5.92 Å². The molecule has 0 saturated carbocycles. The smallest absolute Gasteiger partial charge is 0.227 e. The molecule has 18 heavy (non-hydrogen) atoms.